The summed E-state index contributed by atoms with van der Waals surface area (Å²) in [6.07, 6.45) is 0. The predicted molar refractivity (Wildman–Crippen MR) is 558 cm³/mol. The number of anilines is 27. The molecule has 18 aromatic rings. The van der Waals surface area contributed by atoms with Crippen molar-refractivity contribution in [3.8, 4) is 103 Å². The van der Waals surface area contributed by atoms with Crippen molar-refractivity contribution in [3.63, 3.8) is 0 Å². The van der Waals surface area contributed by atoms with Gasteiger partial charge < -0.3 is 186 Å². The fraction of sp³-hybridized carbons (Fsp3) is 0.172. The Labute approximate surface area is 849 Å². The Hall–Kier alpha value is -22.0. The average molecular weight is 2080 g/mol. The lowest BCUT2D eigenvalue weighted by Crippen LogP contribution is -2.15. The van der Waals surface area contributed by atoms with E-state index < -0.39 is 0 Å². The molecule has 0 fully saturated rings. The molecule has 63 heteroatoms. The van der Waals surface area contributed by atoms with Crippen molar-refractivity contribution < 1.29 is 91.9 Å². The lowest BCUT2D eigenvalue weighted by Gasteiger charge is -2.19. The normalized spacial score (nSPS) is 10.3. The van der Waals surface area contributed by atoms with Gasteiger partial charge >= 0.3 is 0 Å². The first-order valence-corrected chi connectivity index (χ1v) is 43.3. The second kappa shape index (κ2) is 49.9. The molecule has 0 saturated heterocycles. The van der Waals surface area contributed by atoms with Gasteiger partial charge in [0.05, 0.1) is 51.2 Å². The molecular formula is C87H111N45O18. The molecule has 0 amide bonds. The van der Waals surface area contributed by atoms with Crippen molar-refractivity contribution in [1.29, 1.82) is 0 Å². The van der Waals surface area contributed by atoms with Crippen LogP contribution in [-0.2, 0) is 21.1 Å². The standard InChI is InChI=1S/2C11H15N5O2.3C10H13N5O2.3C9H11N5O2.C8H9N5O2/c1-15(2)10-12-11(14-13-10)16(3)7-5-4-6-8(17)9(7)18;1-15(2)11-14-13-10(16(11)3)12-7-5-4-6-8(17)9(7)18;1-14(10-13-12-9(11)15(10)2)6-4-3-5-7(16)8(6)17;1-15(2)10-12-9(13-14-10)11-6-4-3-5-7(16)8(6)17;1-11-9-12-10(14-13-9)15(2)6-4-3-5-7(16)8(6)17;1-14(9-11-8(10)12-13-9)5-3-2-4-6(15)7(5)16;1-14-8(10)12-13-9(14)11-5-3-2-4-6(15)7(5)16;1-10-8-12-9(14-13-8)11-5-3-2-4-6(15)7(5)16;9-7-11-8(13-12-7)10-4-2-1-3-5(14)6(4)15/h4-6,17-18H,1-3H3,(H,12,13,14);4-6,17-18H,1-3H3,(H,12,13);3-5,16-17H,1-2H3,(H2,11,12);2*3-5,16-17H,1-2H3,(H2,11,12,13,14);2-4,15-16H,1H3,(H3,10,11,12,13);2-4,15-16H,1H3,(H2,10,12)(H,11,13);2-4,15-16H,1H3,(H3,10,11,12,13,14);1-3,14-15H,(H4,9,10,11,12,13). The first kappa shape index (κ1) is 110. The Morgan fingerprint density at radius 1 is 0.253 bits per heavy atom. The van der Waals surface area contributed by atoms with Gasteiger partial charge in [-0.3, -0.25) is 13.7 Å². The lowest BCUT2D eigenvalue weighted by atomic mass is 10.2. The van der Waals surface area contributed by atoms with E-state index in [4.69, 9.17) is 22.9 Å². The molecular weight excluding hydrogens is 1960 g/mol. The van der Waals surface area contributed by atoms with Crippen molar-refractivity contribution in [2.24, 2.45) is 21.1 Å². The minimum atomic E-state index is -0.263. The van der Waals surface area contributed by atoms with E-state index in [1.807, 2.05) is 47.2 Å². The number of nitrogen functional groups attached to an aromatic ring is 4. The molecule has 9 aromatic carbocycles. The molecule has 0 radical (unpaired) electrons. The lowest BCUT2D eigenvalue weighted by molar-refractivity contribution is 0.404. The highest BCUT2D eigenvalue weighted by atomic mass is 16.3. The Bertz CT molecular complexity index is 7460. The van der Waals surface area contributed by atoms with Gasteiger partial charge in [-0.2, -0.15) is 29.9 Å². The van der Waals surface area contributed by atoms with E-state index in [0.29, 0.717) is 129 Å². The highest BCUT2D eigenvalue weighted by Gasteiger charge is 2.24. The number of aromatic nitrogens is 27. The van der Waals surface area contributed by atoms with Crippen molar-refractivity contribution >= 4 is 158 Å². The van der Waals surface area contributed by atoms with E-state index in [9.17, 15) is 91.9 Å². The van der Waals surface area contributed by atoms with E-state index in [1.165, 1.54) is 64.1 Å². The van der Waals surface area contributed by atoms with Crippen LogP contribution in [0.5, 0.6) is 103 Å². The van der Waals surface area contributed by atoms with Crippen LogP contribution in [0.3, 0.4) is 0 Å². The number of aromatic amines is 6. The summed E-state index contributed by atoms with van der Waals surface area (Å²) in [6, 6.07) is 41.7. The third-order valence-corrected chi connectivity index (χ3v) is 20.2. The number of para-hydroxylation sites is 9. The molecule has 18 rings (SSSR count). The van der Waals surface area contributed by atoms with Crippen LogP contribution >= 0.6 is 0 Å². The fourth-order valence-corrected chi connectivity index (χ4v) is 12.1. The maximum absolute atomic E-state index is 9.78. The molecule has 63 nitrogen and oxygen atoms in total. The number of nitrogens with zero attached hydrogens (tertiary/aromatic N) is 28. The first-order valence-electron chi connectivity index (χ1n) is 43.3. The predicted octanol–water partition coefficient (Wildman–Crippen LogP) is 7.37. The fourth-order valence-electron chi connectivity index (χ4n) is 12.1. The smallest absolute Gasteiger partial charge is 0.250 e. The van der Waals surface area contributed by atoms with Gasteiger partial charge in [-0.25, -0.2) is 30.6 Å². The van der Waals surface area contributed by atoms with E-state index in [2.05, 4.69) is 159 Å². The number of aromatic hydroxyl groups is 18. The molecule has 0 saturated carbocycles. The maximum atomic E-state index is 9.78. The molecule has 9 heterocycles. The molecule has 150 heavy (non-hydrogen) atoms. The van der Waals surface area contributed by atoms with Gasteiger partial charge in [0, 0.05) is 106 Å². The molecule has 0 aliphatic rings. The highest BCUT2D eigenvalue weighted by Crippen LogP contribution is 2.44. The van der Waals surface area contributed by atoms with Crippen molar-refractivity contribution in [2.45, 2.75) is 0 Å². The number of phenolic OH excluding ortho intramolecular Hbond substituents is 18. The molecule has 0 atom stereocenters. The highest BCUT2D eigenvalue weighted by molar-refractivity contribution is 5.75. The number of H-pyrrole nitrogens is 6. The summed E-state index contributed by atoms with van der Waals surface area (Å²) in [5.41, 5.74) is 25.2. The van der Waals surface area contributed by atoms with Crippen LogP contribution in [0.15, 0.2) is 164 Å². The summed E-state index contributed by atoms with van der Waals surface area (Å²) >= 11 is 0. The number of benzene rings is 9. The molecule has 0 aliphatic heterocycles. The van der Waals surface area contributed by atoms with Gasteiger partial charge in [-0.05, 0) is 109 Å². The monoisotopic (exact) mass is 2070 g/mol. The number of rotatable bonds is 23. The Morgan fingerprint density at radius 2 is 0.567 bits per heavy atom. The Balaban J connectivity index is 0.000000172. The topological polar surface area (TPSA) is 917 Å². The summed E-state index contributed by atoms with van der Waals surface area (Å²) in [5.74, 6) is 3.22. The largest absolute Gasteiger partial charge is 0.504 e. The molecule has 0 aliphatic carbocycles. The minimum Gasteiger partial charge on any atom is -0.504 e. The van der Waals surface area contributed by atoms with Crippen molar-refractivity contribution in [2.75, 3.05) is 179 Å². The average Bonchev–Trinajstić information content (AvgIpc) is 1.64. The van der Waals surface area contributed by atoms with Crippen LogP contribution in [0.25, 0.3) is 0 Å². The second-order valence-corrected chi connectivity index (χ2v) is 31.2. The van der Waals surface area contributed by atoms with Gasteiger partial charge in [0.15, 0.2) is 103 Å². The number of nitrogens with one attached hydrogen (secondary N) is 13. The molecule has 9 aromatic heterocycles. The van der Waals surface area contributed by atoms with Gasteiger partial charge in [0.1, 0.15) is 0 Å². The van der Waals surface area contributed by atoms with Crippen LogP contribution in [0, 0.1) is 0 Å². The van der Waals surface area contributed by atoms with E-state index in [1.54, 1.807) is 206 Å². The zero-order chi connectivity index (χ0) is 110. The van der Waals surface area contributed by atoms with E-state index in [0.717, 1.165) is 0 Å². The Morgan fingerprint density at radius 3 is 0.920 bits per heavy atom. The maximum Gasteiger partial charge on any atom is 0.250 e. The molecule has 792 valence electrons. The zero-order valence-electron chi connectivity index (χ0n) is 82.5. The first-order chi connectivity index (χ1) is 71.3. The number of phenols is 18. The van der Waals surface area contributed by atoms with Crippen LogP contribution in [-0.4, -0.2) is 312 Å². The number of nitrogens with two attached hydrogens (primary N) is 4. The molecule has 0 bridgehead atoms. The quantitative estimate of drug-likeness (QED) is 0.0278. The summed E-state index contributed by atoms with van der Waals surface area (Å²) in [5, 5.41) is 252. The van der Waals surface area contributed by atoms with Gasteiger partial charge in [-0.15, -0.1) is 61.2 Å². The Kier molecular flexibility index (Phi) is 36.6. The molecule has 0 spiro atoms. The van der Waals surface area contributed by atoms with E-state index in [-0.39, 0.29) is 133 Å². The summed E-state index contributed by atoms with van der Waals surface area (Å²) in [6.45, 7) is 0. The van der Waals surface area contributed by atoms with Crippen LogP contribution in [0.2, 0.25) is 0 Å². The zero-order valence-corrected chi connectivity index (χ0v) is 82.5. The summed E-state index contributed by atoms with van der Waals surface area (Å²) < 4.78 is 4.83. The van der Waals surface area contributed by atoms with E-state index >= 15 is 0 Å². The second-order valence-electron chi connectivity index (χ2n) is 31.2. The van der Waals surface area contributed by atoms with Crippen LogP contribution in [0.1, 0.15) is 0 Å². The molecule has 0 unspecified atom stereocenters. The molecule has 39 N–H and O–H groups in total. The van der Waals surface area contributed by atoms with Gasteiger partial charge in [0.25, 0.3) is 11.9 Å². The third kappa shape index (κ3) is 28.1. The minimum absolute atomic E-state index is 0.164. The number of hydrogen-bond acceptors (Lipinski definition) is 54. The van der Waals surface area contributed by atoms with Crippen molar-refractivity contribution in [1.82, 2.24) is 135 Å². The summed E-state index contributed by atoms with van der Waals surface area (Å²) in [7, 11) is 26.4. The number of hydrogen-bond donors (Lipinski definition) is 35. The van der Waals surface area contributed by atoms with Crippen molar-refractivity contribution in [3.05, 3.63) is 164 Å². The SMILES string of the molecule is CN(C)c1n[nH]c(N(C)c2cccc(O)c2O)n1.CN(C)c1n[nH]c(Nc2cccc(O)c2O)n1.CN(C)c1nnc(Nc2cccc(O)c2O)n1C.CN(c1cccc(O)c1O)c1nnc(N)n1C.CN(c1n[nH]c(N)n1)c1cccc(O)c1O.CNc1n[nH]c(Nc2cccc(O)c2O)n1.CNc1nc(N(C)c2cccc(O)c2O)n[nH]1.Cn1c(N)nnc1Nc1cccc(O)c1O.Nc1nc(Nc2cccc(O)c2O)n[nH]1. The van der Waals surface area contributed by atoms with Crippen LogP contribution in [0.4, 0.5) is 158 Å². The third-order valence-electron chi connectivity index (χ3n) is 20.2. The van der Waals surface area contributed by atoms with Gasteiger partial charge in [0.2, 0.25) is 95.2 Å². The van der Waals surface area contributed by atoms with Crippen LogP contribution < -0.4 is 94.5 Å². The van der Waals surface area contributed by atoms with Gasteiger partial charge in [-0.1, -0.05) is 54.6 Å². The summed E-state index contributed by atoms with van der Waals surface area (Å²) in [4.78, 5) is 35.8.